The second-order valence-electron chi connectivity index (χ2n) is 5.48. The summed E-state index contributed by atoms with van der Waals surface area (Å²) >= 11 is 0. The van der Waals surface area contributed by atoms with Gasteiger partial charge in [-0.05, 0) is 44.0 Å². The van der Waals surface area contributed by atoms with Crippen molar-refractivity contribution in [2.75, 3.05) is 6.16 Å². The molecule has 2 aromatic carbocycles. The van der Waals surface area contributed by atoms with Crippen LogP contribution in [0.25, 0.3) is 0 Å². The van der Waals surface area contributed by atoms with E-state index in [9.17, 15) is 9.36 Å². The first-order chi connectivity index (χ1) is 10.4. The number of rotatable bonds is 4. The number of benzene rings is 2. The maximum atomic E-state index is 13.0. The molecule has 0 unspecified atom stereocenters. The summed E-state index contributed by atoms with van der Waals surface area (Å²) in [4.78, 5) is 12.6. The Labute approximate surface area is 131 Å². The highest BCUT2D eigenvalue weighted by Gasteiger charge is 2.29. The van der Waals surface area contributed by atoms with Crippen LogP contribution in [0.3, 0.4) is 0 Å². The van der Waals surface area contributed by atoms with Crippen LogP contribution in [-0.4, -0.2) is 12.1 Å². The highest BCUT2D eigenvalue weighted by molar-refractivity contribution is 7.67. The predicted molar refractivity (Wildman–Crippen MR) is 90.3 cm³/mol. The second kappa shape index (κ2) is 6.50. The summed E-state index contributed by atoms with van der Waals surface area (Å²) in [6.07, 6.45) is 0.284. The number of hydrogen-bond donors (Lipinski definition) is 0. The molecule has 4 heteroatoms. The largest absolute Gasteiger partial charge is 0.404 e. The molecule has 0 bridgehead atoms. The van der Waals surface area contributed by atoms with Gasteiger partial charge in [-0.1, -0.05) is 42.8 Å². The second-order valence-corrected chi connectivity index (χ2v) is 8.16. The molecule has 0 aliphatic carbocycles. The molecule has 0 saturated carbocycles. The minimum atomic E-state index is -3.18. The van der Waals surface area contributed by atoms with E-state index in [2.05, 4.69) is 0 Å². The molecule has 0 heterocycles. The maximum Gasteiger partial charge on any atom is 0.343 e. The van der Waals surface area contributed by atoms with Crippen molar-refractivity contribution in [1.29, 1.82) is 0 Å². The topological polar surface area (TPSA) is 43.4 Å². The van der Waals surface area contributed by atoms with E-state index < -0.39 is 13.3 Å². The van der Waals surface area contributed by atoms with Crippen LogP contribution in [-0.2, 0) is 9.09 Å². The average molecular weight is 316 g/mol. The van der Waals surface area contributed by atoms with Crippen molar-refractivity contribution in [1.82, 2.24) is 0 Å². The first-order valence-corrected chi connectivity index (χ1v) is 9.15. The molecular weight excluding hydrogens is 295 g/mol. The fraction of sp³-hybridized carbons (Fsp3) is 0.278. The van der Waals surface area contributed by atoms with Crippen LogP contribution in [0.15, 0.2) is 42.5 Å². The van der Waals surface area contributed by atoms with Gasteiger partial charge in [-0.25, -0.2) is 4.79 Å². The first-order valence-electron chi connectivity index (χ1n) is 7.34. The van der Waals surface area contributed by atoms with Crippen LogP contribution in [0.4, 0.5) is 0 Å². The van der Waals surface area contributed by atoms with Crippen LogP contribution in [0.1, 0.15) is 34.0 Å². The van der Waals surface area contributed by atoms with Crippen molar-refractivity contribution >= 4 is 18.6 Å². The van der Waals surface area contributed by atoms with Crippen LogP contribution < -0.4 is 5.30 Å². The van der Waals surface area contributed by atoms with Gasteiger partial charge >= 0.3 is 5.97 Å². The Kier molecular flexibility index (Phi) is 4.87. The Morgan fingerprint density at radius 3 is 2.09 bits per heavy atom. The SMILES string of the molecule is CC[P@@](=O)(OC(=O)c1c(C)cc(C)cc1C)c1ccccc1. The van der Waals surface area contributed by atoms with Gasteiger partial charge in [0, 0.05) is 11.5 Å². The smallest absolute Gasteiger partial charge is 0.343 e. The molecule has 0 radical (unpaired) electrons. The highest BCUT2D eigenvalue weighted by atomic mass is 31.2. The standard InChI is InChI=1S/C18H21O3P/c1-5-22(20,16-9-7-6-8-10-16)21-18(19)17-14(3)11-13(2)12-15(17)4/h6-12H,5H2,1-4H3/t22-/m1/s1. The number of hydrogen-bond acceptors (Lipinski definition) is 3. The van der Waals surface area contributed by atoms with E-state index in [4.69, 9.17) is 4.52 Å². The van der Waals surface area contributed by atoms with Crippen LogP contribution >= 0.6 is 7.37 Å². The monoisotopic (exact) mass is 316 g/mol. The van der Waals surface area contributed by atoms with Gasteiger partial charge in [-0.15, -0.1) is 0 Å². The zero-order valence-electron chi connectivity index (χ0n) is 13.4. The third-order valence-corrected chi connectivity index (χ3v) is 6.06. The summed E-state index contributed by atoms with van der Waals surface area (Å²) in [5.74, 6) is -0.510. The summed E-state index contributed by atoms with van der Waals surface area (Å²) < 4.78 is 18.5. The van der Waals surface area contributed by atoms with E-state index in [0.717, 1.165) is 16.7 Å². The van der Waals surface area contributed by atoms with E-state index in [0.29, 0.717) is 10.9 Å². The van der Waals surface area contributed by atoms with Crippen molar-refractivity contribution in [2.24, 2.45) is 0 Å². The van der Waals surface area contributed by atoms with Gasteiger partial charge in [0.25, 0.3) is 7.37 Å². The number of carbonyl (C=O) groups excluding carboxylic acids is 1. The maximum absolute atomic E-state index is 13.0. The molecule has 0 saturated heterocycles. The van der Waals surface area contributed by atoms with Crippen molar-refractivity contribution in [3.05, 3.63) is 64.7 Å². The van der Waals surface area contributed by atoms with E-state index in [1.165, 1.54) is 0 Å². The van der Waals surface area contributed by atoms with E-state index in [-0.39, 0.29) is 6.16 Å². The molecule has 0 aliphatic heterocycles. The molecule has 22 heavy (non-hydrogen) atoms. The molecule has 2 aromatic rings. The van der Waals surface area contributed by atoms with Gasteiger partial charge in [0.2, 0.25) is 0 Å². The number of aryl methyl sites for hydroxylation is 3. The summed E-state index contributed by atoms with van der Waals surface area (Å²) in [6, 6.07) is 12.8. The van der Waals surface area contributed by atoms with Crippen LogP contribution in [0, 0.1) is 20.8 Å². The average Bonchev–Trinajstić information content (AvgIpc) is 2.46. The molecule has 0 amide bonds. The molecule has 0 spiro atoms. The minimum absolute atomic E-state index is 0.284. The van der Waals surface area contributed by atoms with E-state index >= 15 is 0 Å². The summed E-state index contributed by atoms with van der Waals surface area (Å²) in [7, 11) is -3.18. The fourth-order valence-electron chi connectivity index (χ4n) is 2.64. The lowest BCUT2D eigenvalue weighted by atomic mass is 10.0. The molecule has 0 N–H and O–H groups in total. The summed E-state index contributed by atoms with van der Waals surface area (Å²) in [6.45, 7) is 7.50. The molecular formula is C18H21O3P. The Morgan fingerprint density at radius 1 is 1.05 bits per heavy atom. The van der Waals surface area contributed by atoms with Gasteiger partial charge < -0.3 is 4.52 Å². The van der Waals surface area contributed by atoms with Gasteiger partial charge in [0.1, 0.15) is 0 Å². The lowest BCUT2D eigenvalue weighted by molar-refractivity contribution is 0.0742. The van der Waals surface area contributed by atoms with Gasteiger partial charge in [0.05, 0.1) is 5.56 Å². The van der Waals surface area contributed by atoms with Crippen LogP contribution in [0.5, 0.6) is 0 Å². The quantitative estimate of drug-likeness (QED) is 0.786. The third kappa shape index (κ3) is 3.31. The molecule has 0 aliphatic rings. The highest BCUT2D eigenvalue weighted by Crippen LogP contribution is 2.46. The minimum Gasteiger partial charge on any atom is -0.404 e. The van der Waals surface area contributed by atoms with Crippen molar-refractivity contribution < 1.29 is 13.9 Å². The molecule has 1 atom stereocenters. The zero-order chi connectivity index (χ0) is 16.3. The van der Waals surface area contributed by atoms with E-state index in [1.807, 2.05) is 39.0 Å². The summed E-state index contributed by atoms with van der Waals surface area (Å²) in [5.41, 5.74) is 3.29. The zero-order valence-corrected chi connectivity index (χ0v) is 14.3. The Morgan fingerprint density at radius 2 is 1.59 bits per heavy atom. The Hall–Kier alpha value is -1.86. The molecule has 0 aromatic heterocycles. The van der Waals surface area contributed by atoms with Crippen LogP contribution in [0.2, 0.25) is 0 Å². The summed E-state index contributed by atoms with van der Waals surface area (Å²) in [5, 5.41) is 0.577. The molecule has 3 nitrogen and oxygen atoms in total. The first kappa shape index (κ1) is 16.5. The molecule has 116 valence electrons. The normalized spacial score (nSPS) is 13.5. The lowest BCUT2D eigenvalue weighted by Crippen LogP contribution is -2.15. The Balaban J connectivity index is 2.37. The third-order valence-electron chi connectivity index (χ3n) is 3.68. The molecule has 2 rings (SSSR count). The van der Waals surface area contributed by atoms with Crippen molar-refractivity contribution in [3.8, 4) is 0 Å². The van der Waals surface area contributed by atoms with Gasteiger partial charge in [0.15, 0.2) is 0 Å². The lowest BCUT2D eigenvalue weighted by Gasteiger charge is -2.18. The fourth-order valence-corrected chi connectivity index (χ4v) is 4.22. The van der Waals surface area contributed by atoms with Crippen molar-refractivity contribution in [3.63, 3.8) is 0 Å². The van der Waals surface area contributed by atoms with E-state index in [1.54, 1.807) is 31.2 Å². The molecule has 0 fully saturated rings. The Bertz CT molecular complexity index is 712. The van der Waals surface area contributed by atoms with Gasteiger partial charge in [-0.2, -0.15) is 0 Å². The van der Waals surface area contributed by atoms with Gasteiger partial charge in [-0.3, -0.25) is 4.57 Å². The predicted octanol–water partition coefficient (Wildman–Crippen LogP) is 4.39. The van der Waals surface area contributed by atoms with Crippen molar-refractivity contribution in [2.45, 2.75) is 27.7 Å². The number of carbonyl (C=O) groups is 1.